The highest BCUT2D eigenvalue weighted by molar-refractivity contribution is 5.75. The zero-order valence-electron chi connectivity index (χ0n) is 13.1. The second kappa shape index (κ2) is 6.91. The summed E-state index contributed by atoms with van der Waals surface area (Å²) in [6.07, 6.45) is 1.66. The number of pyridine rings is 1. The summed E-state index contributed by atoms with van der Waals surface area (Å²) in [5.74, 6) is -0.0156. The number of hydrogen-bond donors (Lipinski definition) is 1. The van der Waals surface area contributed by atoms with Gasteiger partial charge in [-0.1, -0.05) is 18.2 Å². The van der Waals surface area contributed by atoms with Gasteiger partial charge >= 0.3 is 5.97 Å². The molecule has 122 valence electrons. The predicted octanol–water partition coefficient (Wildman–Crippen LogP) is 3.56. The number of carbonyl (C=O) groups is 1. The molecule has 2 heterocycles. The van der Waals surface area contributed by atoms with Gasteiger partial charge in [-0.05, 0) is 31.2 Å². The minimum atomic E-state index is -0.406. The third kappa shape index (κ3) is 3.24. The number of fused-ring (bicyclic) bond motifs is 1. The maximum absolute atomic E-state index is 11.8. The number of benzene rings is 1. The van der Waals surface area contributed by atoms with Crippen LogP contribution in [0.25, 0.3) is 5.65 Å². The van der Waals surface area contributed by atoms with Crippen molar-refractivity contribution in [2.45, 2.75) is 13.3 Å². The van der Waals surface area contributed by atoms with Gasteiger partial charge in [-0.2, -0.15) is 0 Å². The first-order valence-electron chi connectivity index (χ1n) is 7.50. The predicted molar refractivity (Wildman–Crippen MR) is 87.8 cm³/mol. The molecule has 3 rings (SSSR count). The quantitative estimate of drug-likeness (QED) is 0.574. The molecule has 0 aliphatic carbocycles. The number of aromatic nitrogens is 2. The molecule has 0 amide bonds. The van der Waals surface area contributed by atoms with Gasteiger partial charge in [0.2, 0.25) is 0 Å². The Labute approximate surface area is 138 Å². The first-order chi connectivity index (χ1) is 11.7. The van der Waals surface area contributed by atoms with Crippen LogP contribution in [0.3, 0.4) is 0 Å². The molecular formula is C17H16N4O3. The minimum absolute atomic E-state index is 0.00349. The lowest BCUT2D eigenvalue weighted by molar-refractivity contribution is -0.142. The van der Waals surface area contributed by atoms with Crippen molar-refractivity contribution in [2.75, 3.05) is 6.61 Å². The number of imidazole rings is 1. The molecular weight excluding hydrogens is 308 g/mol. The fourth-order valence-electron chi connectivity index (χ4n) is 2.26. The van der Waals surface area contributed by atoms with Gasteiger partial charge in [-0.15, -0.1) is 10.2 Å². The largest absolute Gasteiger partial charge is 0.504 e. The Morgan fingerprint density at radius 1 is 1.21 bits per heavy atom. The third-order valence-corrected chi connectivity index (χ3v) is 3.31. The molecule has 0 unspecified atom stereocenters. The summed E-state index contributed by atoms with van der Waals surface area (Å²) in [5, 5.41) is 18.4. The second-order valence-electron chi connectivity index (χ2n) is 4.99. The lowest BCUT2D eigenvalue weighted by Gasteiger charge is -2.00. The summed E-state index contributed by atoms with van der Waals surface area (Å²) < 4.78 is 6.56. The van der Waals surface area contributed by atoms with Gasteiger partial charge < -0.3 is 9.84 Å². The maximum atomic E-state index is 11.8. The highest BCUT2D eigenvalue weighted by Crippen LogP contribution is 2.28. The van der Waals surface area contributed by atoms with E-state index in [1.54, 1.807) is 23.6 Å². The summed E-state index contributed by atoms with van der Waals surface area (Å²) in [6, 6.07) is 12.4. The Kier molecular flexibility index (Phi) is 4.51. The average Bonchev–Trinajstić information content (AvgIpc) is 2.93. The van der Waals surface area contributed by atoms with Gasteiger partial charge in [0.1, 0.15) is 0 Å². The number of nitrogens with zero attached hydrogens (tertiary/aromatic N) is 4. The van der Waals surface area contributed by atoms with Crippen molar-refractivity contribution in [1.82, 2.24) is 9.38 Å². The molecule has 0 spiro atoms. The summed E-state index contributed by atoms with van der Waals surface area (Å²) in [7, 11) is 0. The van der Waals surface area contributed by atoms with Gasteiger partial charge in [0, 0.05) is 6.20 Å². The number of azo groups is 1. The van der Waals surface area contributed by atoms with Crippen LogP contribution in [0.2, 0.25) is 0 Å². The Hall–Kier alpha value is -3.22. The van der Waals surface area contributed by atoms with Crippen LogP contribution in [-0.2, 0) is 16.0 Å². The fraction of sp³-hybridized carbons (Fsp3) is 0.176. The standard InChI is InChI=1S/C17H16N4O3/c1-2-24-15(23)11-13-16(20-19-12-7-4-3-5-8-12)21-10-6-9-14(22)17(21)18-13/h3-10,22H,2,11H2,1H3. The molecule has 1 N–H and O–H groups in total. The van der Waals surface area contributed by atoms with Crippen LogP contribution in [0.15, 0.2) is 58.9 Å². The van der Waals surface area contributed by atoms with E-state index in [2.05, 4.69) is 15.2 Å². The molecule has 0 aliphatic rings. The van der Waals surface area contributed by atoms with E-state index >= 15 is 0 Å². The van der Waals surface area contributed by atoms with Crippen molar-refractivity contribution in [3.05, 3.63) is 54.4 Å². The van der Waals surface area contributed by atoms with Crippen LogP contribution in [0.1, 0.15) is 12.6 Å². The van der Waals surface area contributed by atoms with Crippen molar-refractivity contribution >= 4 is 23.1 Å². The van der Waals surface area contributed by atoms with Gasteiger partial charge in [-0.3, -0.25) is 9.20 Å². The number of carbonyl (C=O) groups excluding carboxylic acids is 1. The minimum Gasteiger partial charge on any atom is -0.504 e. The molecule has 0 fully saturated rings. The lowest BCUT2D eigenvalue weighted by atomic mass is 10.3. The van der Waals surface area contributed by atoms with E-state index in [4.69, 9.17) is 4.74 Å². The smallest absolute Gasteiger partial charge is 0.312 e. The molecule has 0 bridgehead atoms. The molecule has 7 nitrogen and oxygen atoms in total. The second-order valence-corrected chi connectivity index (χ2v) is 4.99. The molecule has 0 aliphatic heterocycles. The number of esters is 1. The van der Waals surface area contributed by atoms with Gasteiger partial charge in [-0.25, -0.2) is 4.98 Å². The third-order valence-electron chi connectivity index (χ3n) is 3.31. The SMILES string of the molecule is CCOC(=O)Cc1nc2c(O)cccn2c1N=Nc1ccccc1. The van der Waals surface area contributed by atoms with Crippen molar-refractivity contribution in [1.29, 1.82) is 0 Å². The normalized spacial score (nSPS) is 11.2. The molecule has 0 atom stereocenters. The molecule has 1 aromatic carbocycles. The molecule has 7 heteroatoms. The van der Waals surface area contributed by atoms with E-state index < -0.39 is 5.97 Å². The first-order valence-corrected chi connectivity index (χ1v) is 7.50. The summed E-state index contributed by atoms with van der Waals surface area (Å²) in [5.41, 5.74) is 1.39. The van der Waals surface area contributed by atoms with Crippen molar-refractivity contribution < 1.29 is 14.6 Å². The Bertz CT molecular complexity index is 887. The van der Waals surface area contributed by atoms with Crippen LogP contribution < -0.4 is 0 Å². The molecule has 0 radical (unpaired) electrons. The van der Waals surface area contributed by atoms with E-state index in [0.29, 0.717) is 29.5 Å². The Balaban J connectivity index is 2.04. The molecule has 0 saturated heterocycles. The van der Waals surface area contributed by atoms with Gasteiger partial charge in [0.05, 0.1) is 24.4 Å². The van der Waals surface area contributed by atoms with E-state index in [-0.39, 0.29) is 12.2 Å². The van der Waals surface area contributed by atoms with Crippen LogP contribution in [0.5, 0.6) is 5.75 Å². The zero-order valence-corrected chi connectivity index (χ0v) is 13.1. The number of aromatic hydroxyl groups is 1. The molecule has 2 aromatic heterocycles. The van der Waals surface area contributed by atoms with Crippen molar-refractivity contribution in [3.8, 4) is 5.75 Å². The van der Waals surface area contributed by atoms with E-state index in [9.17, 15) is 9.90 Å². The Morgan fingerprint density at radius 2 is 2.00 bits per heavy atom. The summed E-state index contributed by atoms with van der Waals surface area (Å²) in [6.45, 7) is 2.03. The van der Waals surface area contributed by atoms with Crippen LogP contribution in [0, 0.1) is 0 Å². The van der Waals surface area contributed by atoms with Gasteiger partial charge in [0.25, 0.3) is 0 Å². The fourth-order valence-corrected chi connectivity index (χ4v) is 2.26. The van der Waals surface area contributed by atoms with Gasteiger partial charge in [0.15, 0.2) is 17.2 Å². The summed E-state index contributed by atoms with van der Waals surface area (Å²) >= 11 is 0. The highest BCUT2D eigenvalue weighted by atomic mass is 16.5. The van der Waals surface area contributed by atoms with E-state index in [1.807, 2.05) is 30.3 Å². The van der Waals surface area contributed by atoms with Crippen LogP contribution in [-0.4, -0.2) is 27.1 Å². The van der Waals surface area contributed by atoms with E-state index in [1.165, 1.54) is 6.07 Å². The van der Waals surface area contributed by atoms with Crippen molar-refractivity contribution in [3.63, 3.8) is 0 Å². The maximum Gasteiger partial charge on any atom is 0.312 e. The average molecular weight is 324 g/mol. The number of hydrogen-bond acceptors (Lipinski definition) is 6. The zero-order chi connectivity index (χ0) is 16.9. The number of rotatable bonds is 5. The Morgan fingerprint density at radius 3 is 2.75 bits per heavy atom. The monoisotopic (exact) mass is 324 g/mol. The first kappa shape index (κ1) is 15.7. The highest BCUT2D eigenvalue weighted by Gasteiger charge is 2.17. The van der Waals surface area contributed by atoms with Crippen LogP contribution >= 0.6 is 0 Å². The van der Waals surface area contributed by atoms with Crippen LogP contribution in [0.4, 0.5) is 11.5 Å². The summed E-state index contributed by atoms with van der Waals surface area (Å²) in [4.78, 5) is 16.1. The van der Waals surface area contributed by atoms with Crippen molar-refractivity contribution in [2.24, 2.45) is 10.2 Å². The number of ether oxygens (including phenoxy) is 1. The molecule has 0 saturated carbocycles. The topological polar surface area (TPSA) is 88.5 Å². The molecule has 24 heavy (non-hydrogen) atoms. The van der Waals surface area contributed by atoms with E-state index in [0.717, 1.165) is 0 Å². The lowest BCUT2D eigenvalue weighted by Crippen LogP contribution is -2.07. The molecule has 3 aromatic rings.